The van der Waals surface area contributed by atoms with E-state index in [4.69, 9.17) is 4.74 Å². The van der Waals surface area contributed by atoms with E-state index in [1.54, 1.807) is 6.07 Å². The van der Waals surface area contributed by atoms with Crippen LogP contribution in [-0.4, -0.2) is 74.3 Å². The number of ether oxygens (including phenoxy) is 1. The second kappa shape index (κ2) is 4.71. The molecule has 0 unspecified atom stereocenters. The topological polar surface area (TPSA) is 52.9 Å². The van der Waals surface area contributed by atoms with Crippen molar-refractivity contribution < 1.29 is 14.9 Å². The Bertz CT molecular complexity index is 676. The number of piperidine rings is 1. The fraction of sp³-hybridized carbons (Fsp3) is 0.529. The van der Waals surface area contributed by atoms with Crippen molar-refractivity contribution in [3.05, 3.63) is 35.4 Å². The van der Waals surface area contributed by atoms with Gasteiger partial charge in [0.2, 0.25) is 0 Å². The van der Waals surface area contributed by atoms with Crippen LogP contribution in [0.3, 0.4) is 0 Å². The van der Waals surface area contributed by atoms with Crippen LogP contribution in [0.15, 0.2) is 24.3 Å². The Morgan fingerprint density at radius 2 is 2.14 bits per heavy atom. The minimum absolute atomic E-state index is 0. The molecule has 1 saturated heterocycles. The number of phenols is 1. The van der Waals surface area contributed by atoms with Gasteiger partial charge in [-0.15, -0.1) is 0 Å². The van der Waals surface area contributed by atoms with Gasteiger partial charge in [0.05, 0.1) is 0 Å². The van der Waals surface area contributed by atoms with Gasteiger partial charge in [0.1, 0.15) is 12.2 Å². The second-order valence-electron chi connectivity index (χ2n) is 6.93. The van der Waals surface area contributed by atoms with Crippen molar-refractivity contribution in [2.45, 2.75) is 36.5 Å². The molecule has 1 fully saturated rings. The van der Waals surface area contributed by atoms with E-state index in [0.29, 0.717) is 17.7 Å². The average Bonchev–Trinajstić information content (AvgIpc) is 2.83. The van der Waals surface area contributed by atoms with Gasteiger partial charge in [-0.1, -0.05) is 18.2 Å². The zero-order valence-electron chi connectivity index (χ0n) is 12.5. The molecule has 0 aromatic heterocycles. The summed E-state index contributed by atoms with van der Waals surface area (Å²) in [6, 6.07) is 4.23. The third kappa shape index (κ3) is 1.54. The predicted octanol–water partition coefficient (Wildman–Crippen LogP) is 0.817. The molecule has 2 bridgehead atoms. The molecule has 4 aliphatic rings. The van der Waals surface area contributed by atoms with Crippen LogP contribution in [0.4, 0.5) is 0 Å². The summed E-state index contributed by atoms with van der Waals surface area (Å²) in [5, 5.41) is 20.6. The van der Waals surface area contributed by atoms with Crippen LogP contribution in [0.25, 0.3) is 0 Å². The van der Waals surface area contributed by atoms with Crippen molar-refractivity contribution in [1.82, 2.24) is 4.90 Å². The van der Waals surface area contributed by atoms with Crippen molar-refractivity contribution in [3.8, 4) is 11.5 Å². The molecule has 5 rings (SSSR count). The Hall–Kier alpha value is -0.598. The van der Waals surface area contributed by atoms with Crippen molar-refractivity contribution in [2.24, 2.45) is 5.92 Å². The van der Waals surface area contributed by atoms with E-state index in [1.807, 2.05) is 12.1 Å². The quantitative estimate of drug-likeness (QED) is 0.416. The van der Waals surface area contributed by atoms with Gasteiger partial charge in [0, 0.05) is 50.2 Å². The SMILES string of the molecule is CN1CC[C@]23c4c5ccc(O)c4O[C@H]2[C@@H](O)C=C[C@H]3[C@H]1C5.[Pb]. The van der Waals surface area contributed by atoms with Gasteiger partial charge >= 0.3 is 0 Å². The zero-order valence-corrected chi connectivity index (χ0v) is 16.4. The van der Waals surface area contributed by atoms with E-state index >= 15 is 0 Å². The Balaban J connectivity index is 0.00000125. The van der Waals surface area contributed by atoms with Crippen molar-refractivity contribution in [3.63, 3.8) is 0 Å². The minimum Gasteiger partial charge on any atom is -0.504 e. The number of aliphatic hydroxyl groups is 1. The molecule has 22 heavy (non-hydrogen) atoms. The number of benzene rings is 1. The number of aromatic hydroxyl groups is 1. The number of hydrogen-bond donors (Lipinski definition) is 2. The molecular weight excluding hydrogens is 473 g/mol. The van der Waals surface area contributed by atoms with E-state index in [1.165, 1.54) is 11.1 Å². The first-order chi connectivity index (χ1) is 10.1. The van der Waals surface area contributed by atoms with Crippen LogP contribution >= 0.6 is 0 Å². The number of hydrogen-bond acceptors (Lipinski definition) is 4. The fourth-order valence-corrected chi connectivity index (χ4v) is 5.24. The Morgan fingerprint density at radius 3 is 2.95 bits per heavy atom. The van der Waals surface area contributed by atoms with Gasteiger partial charge in [0.25, 0.3) is 0 Å². The molecule has 2 aliphatic carbocycles. The summed E-state index contributed by atoms with van der Waals surface area (Å²) in [6.07, 6.45) is 5.18. The molecule has 4 nitrogen and oxygen atoms in total. The molecule has 1 aromatic rings. The van der Waals surface area contributed by atoms with Gasteiger partial charge in [-0.2, -0.15) is 0 Å². The Labute approximate surface area is 149 Å². The molecule has 2 N–H and O–H groups in total. The molecule has 0 amide bonds. The third-order valence-corrected chi connectivity index (χ3v) is 6.15. The summed E-state index contributed by atoms with van der Waals surface area (Å²) >= 11 is 0. The van der Waals surface area contributed by atoms with Crippen molar-refractivity contribution in [1.29, 1.82) is 0 Å². The first kappa shape index (κ1) is 15.0. The molecule has 5 atom stereocenters. The number of aliphatic hydroxyl groups excluding tert-OH is 1. The molecule has 114 valence electrons. The molecule has 2 heterocycles. The first-order valence-corrected chi connectivity index (χ1v) is 7.71. The third-order valence-electron chi connectivity index (χ3n) is 6.15. The second-order valence-corrected chi connectivity index (χ2v) is 6.93. The Kier molecular flexibility index (Phi) is 3.20. The zero-order chi connectivity index (χ0) is 14.4. The maximum Gasteiger partial charge on any atom is 0.165 e. The first-order valence-electron chi connectivity index (χ1n) is 7.71. The summed E-state index contributed by atoms with van der Waals surface area (Å²) in [4.78, 5) is 2.43. The number of rotatable bonds is 0. The van der Waals surface area contributed by atoms with Crippen LogP contribution in [0.2, 0.25) is 0 Å². The molecule has 2 aliphatic heterocycles. The van der Waals surface area contributed by atoms with Crippen LogP contribution < -0.4 is 4.74 Å². The molecule has 1 aromatic carbocycles. The van der Waals surface area contributed by atoms with E-state index in [0.717, 1.165) is 19.4 Å². The average molecular weight is 493 g/mol. The van der Waals surface area contributed by atoms with Crippen LogP contribution in [0.5, 0.6) is 11.5 Å². The van der Waals surface area contributed by atoms with Gasteiger partial charge in [-0.3, -0.25) is 0 Å². The minimum atomic E-state index is -0.594. The largest absolute Gasteiger partial charge is 0.504 e. The summed E-state index contributed by atoms with van der Waals surface area (Å²) in [6.45, 7) is 1.01. The van der Waals surface area contributed by atoms with E-state index in [-0.39, 0.29) is 44.6 Å². The molecule has 1 spiro atoms. The van der Waals surface area contributed by atoms with Crippen LogP contribution in [0.1, 0.15) is 17.5 Å². The Morgan fingerprint density at radius 1 is 1.32 bits per heavy atom. The van der Waals surface area contributed by atoms with Crippen LogP contribution in [0, 0.1) is 5.92 Å². The summed E-state index contributed by atoms with van der Waals surface area (Å²) in [7, 11) is 2.19. The smallest absolute Gasteiger partial charge is 0.165 e. The molecule has 4 radical (unpaired) electrons. The molecular formula is C17H19NO3Pb. The standard InChI is InChI=1S/C17H19NO3.Pb/c1-18-7-6-17-10-3-5-13(20)16(17)21-15-12(19)4-2-9(14(15)17)8-11(10)18;/h2-5,10-11,13,16,19-20H,6-8H2,1H3;/t10-,11+,13-,16-,17-;/m0./s1. The van der Waals surface area contributed by atoms with Gasteiger partial charge < -0.3 is 19.8 Å². The normalized spacial score (nSPS) is 40.6. The van der Waals surface area contributed by atoms with Crippen molar-refractivity contribution in [2.75, 3.05) is 13.6 Å². The fourth-order valence-electron chi connectivity index (χ4n) is 5.24. The van der Waals surface area contributed by atoms with E-state index < -0.39 is 6.10 Å². The number of phenolic OH excluding ortho intramolecular Hbond substituents is 1. The molecule has 0 saturated carbocycles. The van der Waals surface area contributed by atoms with Gasteiger partial charge in [-0.05, 0) is 38.1 Å². The van der Waals surface area contributed by atoms with E-state index in [2.05, 4.69) is 18.0 Å². The summed E-state index contributed by atoms with van der Waals surface area (Å²) in [5.74, 6) is 1.19. The maximum atomic E-state index is 10.4. The van der Waals surface area contributed by atoms with Gasteiger partial charge in [-0.25, -0.2) is 0 Å². The van der Waals surface area contributed by atoms with Crippen LogP contribution in [-0.2, 0) is 11.8 Å². The van der Waals surface area contributed by atoms with Gasteiger partial charge in [0.15, 0.2) is 11.5 Å². The summed E-state index contributed by atoms with van der Waals surface area (Å²) < 4.78 is 6.09. The summed E-state index contributed by atoms with van der Waals surface area (Å²) in [5.41, 5.74) is 2.29. The van der Waals surface area contributed by atoms with E-state index in [9.17, 15) is 10.2 Å². The maximum absolute atomic E-state index is 10.4. The number of likely N-dealkylation sites (tertiary alicyclic amines) is 1. The number of likely N-dealkylation sites (N-methyl/N-ethyl adjacent to an activating group) is 1. The number of nitrogens with zero attached hydrogens (tertiary/aromatic N) is 1. The van der Waals surface area contributed by atoms with Crippen molar-refractivity contribution >= 4 is 27.3 Å². The molecule has 5 heteroatoms. The predicted molar refractivity (Wildman–Crippen MR) is 83.3 cm³/mol. The monoisotopic (exact) mass is 493 g/mol.